The largest absolute Gasteiger partial charge is 0.333 e. The fourth-order valence-electron chi connectivity index (χ4n) is 0.987. The molecule has 0 unspecified atom stereocenters. The van der Waals surface area contributed by atoms with Crippen LogP contribution in [0.5, 0.6) is 0 Å². The standard InChI is InChI=1S/C7H5IN2S/c8-7-9-4-2-1-3-5(11)6(4)10-7/h1-3,11H,(H,9,10). The molecule has 1 N–H and O–H groups in total. The molecule has 0 aliphatic heterocycles. The van der Waals surface area contributed by atoms with Crippen LogP contribution in [0.25, 0.3) is 11.0 Å². The smallest absolute Gasteiger partial charge is 0.169 e. The molecular formula is C7H5IN2S. The zero-order chi connectivity index (χ0) is 7.84. The monoisotopic (exact) mass is 276 g/mol. The van der Waals surface area contributed by atoms with Crippen LogP contribution in [0.15, 0.2) is 23.1 Å². The number of imidazole rings is 1. The van der Waals surface area contributed by atoms with Gasteiger partial charge in [-0.3, -0.25) is 0 Å². The van der Waals surface area contributed by atoms with Crippen molar-refractivity contribution in [2.75, 3.05) is 0 Å². The summed E-state index contributed by atoms with van der Waals surface area (Å²) >= 11 is 6.43. The Morgan fingerprint density at radius 3 is 3.00 bits per heavy atom. The molecule has 4 heteroatoms. The third kappa shape index (κ3) is 1.24. The normalized spacial score (nSPS) is 10.7. The lowest BCUT2D eigenvalue weighted by atomic mass is 10.3. The topological polar surface area (TPSA) is 28.7 Å². The van der Waals surface area contributed by atoms with E-state index in [1.807, 2.05) is 18.2 Å². The first-order valence-corrected chi connectivity index (χ1v) is 4.63. The van der Waals surface area contributed by atoms with Gasteiger partial charge >= 0.3 is 0 Å². The van der Waals surface area contributed by atoms with Crippen molar-refractivity contribution in [2.45, 2.75) is 4.90 Å². The van der Waals surface area contributed by atoms with E-state index in [1.165, 1.54) is 0 Å². The van der Waals surface area contributed by atoms with Crippen LogP contribution in [0, 0.1) is 3.83 Å². The van der Waals surface area contributed by atoms with Gasteiger partial charge in [0.1, 0.15) is 5.52 Å². The number of hydrogen-bond donors (Lipinski definition) is 2. The molecular weight excluding hydrogens is 271 g/mol. The van der Waals surface area contributed by atoms with Crippen molar-refractivity contribution in [3.8, 4) is 0 Å². The number of aromatic amines is 1. The summed E-state index contributed by atoms with van der Waals surface area (Å²) in [6, 6.07) is 5.88. The molecule has 56 valence electrons. The van der Waals surface area contributed by atoms with Gasteiger partial charge in [0.2, 0.25) is 0 Å². The molecule has 0 radical (unpaired) electrons. The SMILES string of the molecule is Sc1cccc2[nH]c(I)nc12. The molecule has 1 heterocycles. The molecule has 2 rings (SSSR count). The number of fused-ring (bicyclic) bond motifs is 1. The van der Waals surface area contributed by atoms with Crippen LogP contribution in [0.3, 0.4) is 0 Å². The summed E-state index contributed by atoms with van der Waals surface area (Å²) in [4.78, 5) is 8.31. The van der Waals surface area contributed by atoms with Gasteiger partial charge in [-0.1, -0.05) is 6.07 Å². The molecule has 0 saturated heterocycles. The van der Waals surface area contributed by atoms with Gasteiger partial charge < -0.3 is 4.98 Å². The Labute approximate surface area is 83.0 Å². The third-order valence-electron chi connectivity index (χ3n) is 1.46. The van der Waals surface area contributed by atoms with E-state index >= 15 is 0 Å². The first-order chi connectivity index (χ1) is 5.27. The maximum Gasteiger partial charge on any atom is 0.169 e. The van der Waals surface area contributed by atoms with E-state index in [-0.39, 0.29) is 0 Å². The third-order valence-corrected chi connectivity index (χ3v) is 2.33. The van der Waals surface area contributed by atoms with Gasteiger partial charge in [0.15, 0.2) is 3.83 Å². The molecule has 0 bridgehead atoms. The zero-order valence-corrected chi connectivity index (χ0v) is 8.56. The number of H-pyrrole nitrogens is 1. The fourth-order valence-corrected chi connectivity index (χ4v) is 1.78. The molecule has 11 heavy (non-hydrogen) atoms. The van der Waals surface area contributed by atoms with Crippen molar-refractivity contribution in [3.63, 3.8) is 0 Å². The van der Waals surface area contributed by atoms with Crippen LogP contribution in [0.1, 0.15) is 0 Å². The molecule has 0 amide bonds. The number of para-hydroxylation sites is 1. The Kier molecular flexibility index (Phi) is 1.80. The predicted octanol–water partition coefficient (Wildman–Crippen LogP) is 2.46. The van der Waals surface area contributed by atoms with Crippen molar-refractivity contribution in [3.05, 3.63) is 22.0 Å². The van der Waals surface area contributed by atoms with Crippen molar-refractivity contribution < 1.29 is 0 Å². The lowest BCUT2D eigenvalue weighted by Gasteiger charge is -1.89. The Morgan fingerprint density at radius 1 is 1.45 bits per heavy atom. The Morgan fingerprint density at radius 2 is 2.27 bits per heavy atom. The number of hydrogen-bond acceptors (Lipinski definition) is 2. The number of rotatable bonds is 0. The maximum atomic E-state index is 4.28. The second kappa shape index (κ2) is 2.67. The van der Waals surface area contributed by atoms with Gasteiger partial charge in [-0.15, -0.1) is 12.6 Å². The summed E-state index contributed by atoms with van der Waals surface area (Å²) in [6.07, 6.45) is 0. The minimum absolute atomic E-state index is 0.902. The maximum absolute atomic E-state index is 4.28. The first-order valence-electron chi connectivity index (χ1n) is 3.10. The number of halogens is 1. The van der Waals surface area contributed by atoms with Gasteiger partial charge in [-0.25, -0.2) is 4.98 Å². The van der Waals surface area contributed by atoms with Crippen molar-refractivity contribution in [2.24, 2.45) is 0 Å². The molecule has 0 aliphatic carbocycles. The average molecular weight is 276 g/mol. The summed E-state index contributed by atoms with van der Waals surface area (Å²) in [7, 11) is 0. The van der Waals surface area contributed by atoms with E-state index < -0.39 is 0 Å². The number of thiol groups is 1. The van der Waals surface area contributed by atoms with Gasteiger partial charge in [0, 0.05) is 4.90 Å². The highest BCUT2D eigenvalue weighted by atomic mass is 127. The van der Waals surface area contributed by atoms with Crippen LogP contribution in [-0.2, 0) is 0 Å². The van der Waals surface area contributed by atoms with E-state index in [9.17, 15) is 0 Å². The molecule has 2 aromatic rings. The molecule has 0 saturated carbocycles. The lowest BCUT2D eigenvalue weighted by Crippen LogP contribution is -1.70. The van der Waals surface area contributed by atoms with E-state index in [0.29, 0.717) is 0 Å². The summed E-state index contributed by atoms with van der Waals surface area (Å²) in [5.74, 6) is 0. The molecule has 0 atom stereocenters. The quantitative estimate of drug-likeness (QED) is 0.561. The minimum Gasteiger partial charge on any atom is -0.333 e. The molecule has 0 aliphatic rings. The number of benzene rings is 1. The van der Waals surface area contributed by atoms with Gasteiger partial charge in [0.25, 0.3) is 0 Å². The van der Waals surface area contributed by atoms with Crippen LogP contribution in [0.4, 0.5) is 0 Å². The number of nitrogens with zero attached hydrogens (tertiary/aromatic N) is 1. The van der Waals surface area contributed by atoms with E-state index in [0.717, 1.165) is 19.8 Å². The summed E-state index contributed by atoms with van der Waals surface area (Å²) in [6.45, 7) is 0. The highest BCUT2D eigenvalue weighted by Gasteiger charge is 2.01. The highest BCUT2D eigenvalue weighted by Crippen LogP contribution is 2.19. The van der Waals surface area contributed by atoms with Crippen molar-refractivity contribution in [1.29, 1.82) is 0 Å². The number of nitrogens with one attached hydrogen (secondary N) is 1. The fraction of sp³-hybridized carbons (Fsp3) is 0. The molecule has 1 aromatic carbocycles. The molecule has 1 aromatic heterocycles. The van der Waals surface area contributed by atoms with Gasteiger partial charge in [-0.2, -0.15) is 0 Å². The summed E-state index contributed by atoms with van der Waals surface area (Å²) in [5, 5.41) is 0. The van der Waals surface area contributed by atoms with Crippen LogP contribution < -0.4 is 0 Å². The molecule has 2 nitrogen and oxygen atoms in total. The van der Waals surface area contributed by atoms with E-state index in [1.54, 1.807) is 0 Å². The van der Waals surface area contributed by atoms with Crippen LogP contribution in [-0.4, -0.2) is 9.97 Å². The minimum atomic E-state index is 0.902. The molecule has 0 fully saturated rings. The Hall–Kier alpha value is -0.230. The van der Waals surface area contributed by atoms with Crippen LogP contribution in [0.2, 0.25) is 0 Å². The Bertz CT molecular complexity index is 396. The van der Waals surface area contributed by atoms with Gasteiger partial charge in [-0.05, 0) is 34.7 Å². The van der Waals surface area contributed by atoms with Crippen LogP contribution >= 0.6 is 35.2 Å². The second-order valence-corrected chi connectivity index (χ2v) is 3.70. The molecule has 0 spiro atoms. The van der Waals surface area contributed by atoms with E-state index in [4.69, 9.17) is 0 Å². The van der Waals surface area contributed by atoms with Crippen molar-refractivity contribution >= 4 is 46.3 Å². The summed E-state index contributed by atoms with van der Waals surface area (Å²) in [5.41, 5.74) is 1.99. The predicted molar refractivity (Wildman–Crippen MR) is 56.1 cm³/mol. The van der Waals surface area contributed by atoms with Crippen molar-refractivity contribution in [1.82, 2.24) is 9.97 Å². The first kappa shape index (κ1) is 7.42. The second-order valence-electron chi connectivity index (χ2n) is 2.20. The number of aromatic nitrogens is 2. The average Bonchev–Trinajstić information content (AvgIpc) is 2.31. The van der Waals surface area contributed by atoms with E-state index in [2.05, 4.69) is 45.2 Å². The zero-order valence-electron chi connectivity index (χ0n) is 5.50. The van der Waals surface area contributed by atoms with Gasteiger partial charge in [0.05, 0.1) is 5.52 Å². The Balaban J connectivity index is 2.90. The summed E-state index contributed by atoms with van der Waals surface area (Å²) < 4.78 is 0.902. The lowest BCUT2D eigenvalue weighted by molar-refractivity contribution is 1.25. The highest BCUT2D eigenvalue weighted by molar-refractivity contribution is 14.1.